The largest absolute Gasteiger partial charge is 0.320 e. The molecule has 6 heteroatoms. The zero-order valence-corrected chi connectivity index (χ0v) is 11.5. The van der Waals surface area contributed by atoms with Crippen LogP contribution in [0.25, 0.3) is 0 Å². The van der Waals surface area contributed by atoms with E-state index in [9.17, 15) is 9.59 Å². The minimum absolute atomic E-state index is 0.0426. The standard InChI is InChI=1S/C13H10Cl2N2O2/c1-17-7-3-4-8(13(17)19)12(18)16-10-6-2-5-9(14)11(10)15/h2-7H,1H3,(H,16,18). The Morgan fingerprint density at radius 1 is 1.21 bits per heavy atom. The Hall–Kier alpha value is -1.78. The van der Waals surface area contributed by atoms with E-state index < -0.39 is 5.91 Å². The normalized spacial score (nSPS) is 10.3. The van der Waals surface area contributed by atoms with Crippen LogP contribution in [0.2, 0.25) is 10.0 Å². The maximum atomic E-state index is 12.0. The van der Waals surface area contributed by atoms with Gasteiger partial charge in [0.25, 0.3) is 11.5 Å². The van der Waals surface area contributed by atoms with Gasteiger partial charge in [0.2, 0.25) is 0 Å². The third-order valence-corrected chi connectivity index (χ3v) is 3.39. The van der Waals surface area contributed by atoms with Gasteiger partial charge in [-0.15, -0.1) is 0 Å². The number of aryl methyl sites for hydroxylation is 1. The number of rotatable bonds is 2. The molecule has 1 amide bonds. The highest BCUT2D eigenvalue weighted by Crippen LogP contribution is 2.29. The number of carbonyl (C=O) groups is 1. The molecule has 1 aromatic heterocycles. The lowest BCUT2D eigenvalue weighted by Gasteiger charge is -2.08. The lowest BCUT2D eigenvalue weighted by molar-refractivity contribution is 0.102. The smallest absolute Gasteiger partial charge is 0.263 e. The molecule has 2 aromatic rings. The molecule has 0 radical (unpaired) electrons. The Kier molecular flexibility index (Phi) is 3.93. The summed E-state index contributed by atoms with van der Waals surface area (Å²) in [5.41, 5.74) is 0.0317. The number of hydrogen-bond acceptors (Lipinski definition) is 2. The molecule has 2 rings (SSSR count). The van der Waals surface area contributed by atoms with Crippen LogP contribution < -0.4 is 10.9 Å². The molecule has 19 heavy (non-hydrogen) atoms. The van der Waals surface area contributed by atoms with Crippen molar-refractivity contribution in [2.45, 2.75) is 0 Å². The summed E-state index contributed by atoms with van der Waals surface area (Å²) in [6, 6.07) is 7.96. The monoisotopic (exact) mass is 296 g/mol. The van der Waals surface area contributed by atoms with Crippen molar-refractivity contribution in [3.05, 3.63) is 62.5 Å². The molecule has 1 N–H and O–H groups in total. The number of hydrogen-bond donors (Lipinski definition) is 1. The molecule has 1 aromatic carbocycles. The zero-order valence-electron chi connectivity index (χ0n) is 9.98. The van der Waals surface area contributed by atoms with E-state index in [0.29, 0.717) is 10.7 Å². The molecule has 0 aliphatic rings. The molecule has 0 aliphatic heterocycles. The van der Waals surface area contributed by atoms with E-state index in [4.69, 9.17) is 23.2 Å². The molecule has 0 spiro atoms. The van der Waals surface area contributed by atoms with Gasteiger partial charge in [0.15, 0.2) is 0 Å². The molecule has 0 atom stereocenters. The van der Waals surface area contributed by atoms with Crippen molar-refractivity contribution in [3.63, 3.8) is 0 Å². The highest BCUT2D eigenvalue weighted by molar-refractivity contribution is 6.44. The number of benzene rings is 1. The molecule has 98 valence electrons. The van der Waals surface area contributed by atoms with Crippen LogP contribution in [0.5, 0.6) is 0 Å². The van der Waals surface area contributed by atoms with Gasteiger partial charge >= 0.3 is 0 Å². The number of anilines is 1. The second-order valence-corrected chi connectivity index (χ2v) is 4.68. The van der Waals surface area contributed by atoms with E-state index >= 15 is 0 Å². The number of halogens is 2. The fraction of sp³-hybridized carbons (Fsp3) is 0.0769. The Bertz CT molecular complexity index is 695. The maximum absolute atomic E-state index is 12.0. The van der Waals surface area contributed by atoms with Gasteiger partial charge < -0.3 is 9.88 Å². The average molecular weight is 297 g/mol. The molecular weight excluding hydrogens is 287 g/mol. The van der Waals surface area contributed by atoms with Gasteiger partial charge in [-0.05, 0) is 24.3 Å². The van der Waals surface area contributed by atoms with Crippen LogP contribution in [0, 0.1) is 0 Å². The lowest BCUT2D eigenvalue weighted by Crippen LogP contribution is -2.27. The Morgan fingerprint density at radius 3 is 2.68 bits per heavy atom. The van der Waals surface area contributed by atoms with Gasteiger partial charge in [-0.1, -0.05) is 29.3 Å². The average Bonchev–Trinajstić information content (AvgIpc) is 2.38. The first kappa shape index (κ1) is 13.6. The van der Waals surface area contributed by atoms with Crippen molar-refractivity contribution in [2.75, 3.05) is 5.32 Å². The van der Waals surface area contributed by atoms with Crippen LogP contribution in [0.4, 0.5) is 5.69 Å². The minimum atomic E-state index is -0.523. The van der Waals surface area contributed by atoms with Crippen LogP contribution in [0.15, 0.2) is 41.3 Å². The fourth-order valence-corrected chi connectivity index (χ4v) is 1.91. The minimum Gasteiger partial charge on any atom is -0.320 e. The second kappa shape index (κ2) is 5.47. The van der Waals surface area contributed by atoms with Crippen LogP contribution >= 0.6 is 23.2 Å². The third kappa shape index (κ3) is 2.80. The summed E-state index contributed by atoms with van der Waals surface area (Å²) in [6.07, 6.45) is 1.57. The van der Waals surface area contributed by atoms with E-state index in [2.05, 4.69) is 5.32 Å². The highest BCUT2D eigenvalue weighted by Gasteiger charge is 2.13. The Labute approximate surface area is 119 Å². The maximum Gasteiger partial charge on any atom is 0.263 e. The summed E-state index contributed by atoms with van der Waals surface area (Å²) in [4.78, 5) is 23.8. The van der Waals surface area contributed by atoms with E-state index in [1.54, 1.807) is 37.5 Å². The van der Waals surface area contributed by atoms with Crippen molar-refractivity contribution >= 4 is 34.8 Å². The molecule has 0 saturated carbocycles. The van der Waals surface area contributed by atoms with Gasteiger partial charge in [0.1, 0.15) is 5.56 Å². The van der Waals surface area contributed by atoms with Crippen LogP contribution in [-0.2, 0) is 7.05 Å². The van der Waals surface area contributed by atoms with Gasteiger partial charge in [-0.3, -0.25) is 9.59 Å². The van der Waals surface area contributed by atoms with Gasteiger partial charge in [0, 0.05) is 13.2 Å². The van der Waals surface area contributed by atoms with Crippen LogP contribution in [0.1, 0.15) is 10.4 Å². The van der Waals surface area contributed by atoms with Crippen molar-refractivity contribution in [3.8, 4) is 0 Å². The summed E-state index contributed by atoms with van der Waals surface area (Å²) in [5, 5.41) is 3.14. The van der Waals surface area contributed by atoms with Crippen molar-refractivity contribution < 1.29 is 4.79 Å². The van der Waals surface area contributed by atoms with Crippen molar-refractivity contribution in [1.82, 2.24) is 4.57 Å². The summed E-state index contributed by atoms with van der Waals surface area (Å²) in [5.74, 6) is -0.523. The van der Waals surface area contributed by atoms with Crippen LogP contribution in [-0.4, -0.2) is 10.5 Å². The number of aromatic nitrogens is 1. The molecule has 0 saturated heterocycles. The zero-order chi connectivity index (χ0) is 14.0. The predicted octanol–water partition coefficient (Wildman–Crippen LogP) is 2.94. The molecule has 1 heterocycles. The molecule has 0 fully saturated rings. The molecule has 4 nitrogen and oxygen atoms in total. The molecular formula is C13H10Cl2N2O2. The third-order valence-electron chi connectivity index (χ3n) is 2.57. The first-order valence-electron chi connectivity index (χ1n) is 5.41. The summed E-state index contributed by atoms with van der Waals surface area (Å²) < 4.78 is 1.33. The SMILES string of the molecule is Cn1cccc(C(=O)Nc2cccc(Cl)c2Cl)c1=O. The summed E-state index contributed by atoms with van der Waals surface area (Å²) >= 11 is 11.8. The van der Waals surface area contributed by atoms with E-state index in [-0.39, 0.29) is 16.1 Å². The predicted molar refractivity (Wildman–Crippen MR) is 76.1 cm³/mol. The number of nitrogens with one attached hydrogen (secondary N) is 1. The van der Waals surface area contributed by atoms with Crippen molar-refractivity contribution in [2.24, 2.45) is 7.05 Å². The Morgan fingerprint density at radius 2 is 1.95 bits per heavy atom. The van der Waals surface area contributed by atoms with E-state index in [1.807, 2.05) is 0 Å². The quantitative estimate of drug-likeness (QED) is 0.926. The van der Waals surface area contributed by atoms with Gasteiger partial charge in [-0.2, -0.15) is 0 Å². The topological polar surface area (TPSA) is 51.1 Å². The lowest BCUT2D eigenvalue weighted by atomic mass is 10.2. The summed E-state index contributed by atoms with van der Waals surface area (Å²) in [7, 11) is 1.57. The molecule has 0 unspecified atom stereocenters. The summed E-state index contributed by atoms with van der Waals surface area (Å²) in [6.45, 7) is 0. The molecule has 0 aliphatic carbocycles. The number of pyridine rings is 1. The number of nitrogens with zero attached hydrogens (tertiary/aromatic N) is 1. The fourth-order valence-electron chi connectivity index (χ4n) is 1.56. The van der Waals surface area contributed by atoms with Crippen molar-refractivity contribution in [1.29, 1.82) is 0 Å². The highest BCUT2D eigenvalue weighted by atomic mass is 35.5. The first-order chi connectivity index (χ1) is 9.00. The first-order valence-corrected chi connectivity index (χ1v) is 6.17. The van der Waals surface area contributed by atoms with Gasteiger partial charge in [0.05, 0.1) is 15.7 Å². The van der Waals surface area contributed by atoms with E-state index in [1.165, 1.54) is 10.6 Å². The second-order valence-electron chi connectivity index (χ2n) is 3.89. The number of carbonyl (C=O) groups excluding carboxylic acids is 1. The molecule has 0 bridgehead atoms. The Balaban J connectivity index is 2.34. The van der Waals surface area contributed by atoms with E-state index in [0.717, 1.165) is 0 Å². The number of amides is 1. The van der Waals surface area contributed by atoms with Crippen LogP contribution in [0.3, 0.4) is 0 Å². The van der Waals surface area contributed by atoms with Gasteiger partial charge in [-0.25, -0.2) is 0 Å².